The van der Waals surface area contributed by atoms with E-state index < -0.39 is 17.9 Å². The number of para-hydroxylation sites is 1. The molecule has 1 aromatic heterocycles. The highest BCUT2D eigenvalue weighted by Gasteiger charge is 2.32. The van der Waals surface area contributed by atoms with Gasteiger partial charge < -0.3 is 24.5 Å². The van der Waals surface area contributed by atoms with Crippen LogP contribution in [0.15, 0.2) is 47.1 Å². The van der Waals surface area contributed by atoms with E-state index in [1.807, 2.05) is 24.3 Å². The molecule has 0 saturated carbocycles. The Hall–Kier alpha value is -2.96. The highest BCUT2D eigenvalue weighted by molar-refractivity contribution is 5.78. The Balaban J connectivity index is 1.82. The molecule has 3 rings (SSSR count). The van der Waals surface area contributed by atoms with E-state index in [0.29, 0.717) is 24.5 Å². The first-order chi connectivity index (χ1) is 12.1. The number of nitrogens with zero attached hydrogens (tertiary/aromatic N) is 1. The molecule has 2 unspecified atom stereocenters. The highest BCUT2D eigenvalue weighted by Crippen LogP contribution is 2.30. The molecule has 2 N–H and O–H groups in total. The summed E-state index contributed by atoms with van der Waals surface area (Å²) >= 11 is 0. The van der Waals surface area contributed by atoms with Crippen molar-refractivity contribution < 1.29 is 23.8 Å². The van der Waals surface area contributed by atoms with Gasteiger partial charge in [-0.25, -0.2) is 4.79 Å². The van der Waals surface area contributed by atoms with Crippen LogP contribution >= 0.6 is 0 Å². The number of carboxylic acid groups (broad SMARTS) is 1. The number of carbonyl (C=O) groups excluding carboxylic acids is 1. The van der Waals surface area contributed by atoms with Gasteiger partial charge in [0.05, 0.1) is 19.3 Å². The first-order valence-corrected chi connectivity index (χ1v) is 8.04. The summed E-state index contributed by atoms with van der Waals surface area (Å²) in [6.07, 6.45) is 2.00. The maximum absolute atomic E-state index is 12.6. The van der Waals surface area contributed by atoms with Crippen LogP contribution in [0.25, 0.3) is 0 Å². The molecule has 7 nitrogen and oxygen atoms in total. The monoisotopic (exact) mass is 344 g/mol. The summed E-state index contributed by atoms with van der Waals surface area (Å²) < 4.78 is 10.9. The Morgan fingerprint density at radius 1 is 1.32 bits per heavy atom. The molecule has 132 valence electrons. The van der Waals surface area contributed by atoms with Gasteiger partial charge in [0.25, 0.3) is 0 Å². The van der Waals surface area contributed by atoms with Gasteiger partial charge in [-0.05, 0) is 24.6 Å². The number of rotatable bonds is 5. The lowest BCUT2D eigenvalue weighted by Gasteiger charge is -2.23. The maximum Gasteiger partial charge on any atom is 0.318 e. The van der Waals surface area contributed by atoms with Crippen molar-refractivity contribution in [2.45, 2.75) is 12.5 Å². The minimum absolute atomic E-state index is 0.206. The number of nitrogens with one attached hydrogen (secondary N) is 1. The number of amides is 2. The predicted molar refractivity (Wildman–Crippen MR) is 89.4 cm³/mol. The molecule has 2 aromatic rings. The fourth-order valence-electron chi connectivity index (χ4n) is 3.02. The number of benzene rings is 1. The third kappa shape index (κ3) is 3.60. The number of hydrogen-bond acceptors (Lipinski definition) is 4. The molecule has 1 saturated heterocycles. The number of likely N-dealkylation sites (tertiary alicyclic amines) is 1. The normalized spacial score (nSPS) is 18.0. The van der Waals surface area contributed by atoms with Gasteiger partial charge in [0.15, 0.2) is 0 Å². The molecule has 1 aromatic carbocycles. The molecule has 1 aliphatic rings. The zero-order valence-corrected chi connectivity index (χ0v) is 13.8. The summed E-state index contributed by atoms with van der Waals surface area (Å²) in [6.45, 7) is 0.623. The third-order valence-corrected chi connectivity index (χ3v) is 4.37. The van der Waals surface area contributed by atoms with Crippen molar-refractivity contribution in [3.63, 3.8) is 0 Å². The van der Waals surface area contributed by atoms with Crippen LogP contribution in [0.3, 0.4) is 0 Å². The van der Waals surface area contributed by atoms with Crippen LogP contribution in [-0.4, -0.2) is 42.2 Å². The van der Waals surface area contributed by atoms with Gasteiger partial charge in [-0.3, -0.25) is 4.79 Å². The predicted octanol–water partition coefficient (Wildman–Crippen LogP) is 2.49. The second-order valence-electron chi connectivity index (χ2n) is 5.91. The smallest absolute Gasteiger partial charge is 0.318 e. The zero-order chi connectivity index (χ0) is 17.8. The molecule has 0 spiro atoms. The number of hydrogen-bond donors (Lipinski definition) is 2. The number of carboxylic acids is 1. The second kappa shape index (κ2) is 7.29. The lowest BCUT2D eigenvalue weighted by molar-refractivity contribution is -0.141. The first kappa shape index (κ1) is 16.9. The van der Waals surface area contributed by atoms with Crippen LogP contribution in [0.1, 0.15) is 23.8 Å². The number of aliphatic carboxylic acids is 1. The summed E-state index contributed by atoms with van der Waals surface area (Å²) in [5.74, 6) is -0.178. The molecule has 0 radical (unpaired) electrons. The summed E-state index contributed by atoms with van der Waals surface area (Å²) in [4.78, 5) is 25.2. The highest BCUT2D eigenvalue weighted by atomic mass is 16.5. The van der Waals surface area contributed by atoms with E-state index in [2.05, 4.69) is 5.32 Å². The molecular formula is C18H20N2O5. The largest absolute Gasteiger partial charge is 0.496 e. The van der Waals surface area contributed by atoms with E-state index in [9.17, 15) is 9.59 Å². The van der Waals surface area contributed by atoms with Crippen LogP contribution in [0.4, 0.5) is 4.79 Å². The molecule has 2 heterocycles. The van der Waals surface area contributed by atoms with Crippen molar-refractivity contribution >= 4 is 12.0 Å². The van der Waals surface area contributed by atoms with Gasteiger partial charge >= 0.3 is 12.0 Å². The summed E-state index contributed by atoms with van der Waals surface area (Å²) in [5, 5.41) is 12.0. The lowest BCUT2D eigenvalue weighted by atomic mass is 10.0. The second-order valence-corrected chi connectivity index (χ2v) is 5.91. The fraction of sp³-hybridized carbons (Fsp3) is 0.333. The Bertz CT molecular complexity index is 744. The van der Waals surface area contributed by atoms with Crippen molar-refractivity contribution in [3.8, 4) is 5.75 Å². The number of ether oxygens (including phenoxy) is 1. The maximum atomic E-state index is 12.6. The molecule has 0 aliphatic carbocycles. The minimum Gasteiger partial charge on any atom is -0.496 e. The van der Waals surface area contributed by atoms with Crippen LogP contribution in [0.5, 0.6) is 5.75 Å². The Kier molecular flexibility index (Phi) is 4.92. The van der Waals surface area contributed by atoms with Crippen LogP contribution in [0, 0.1) is 5.92 Å². The number of carbonyl (C=O) groups is 2. The number of methoxy groups -OCH3 is 1. The topological polar surface area (TPSA) is 92.0 Å². The van der Waals surface area contributed by atoms with Gasteiger partial charge in [-0.2, -0.15) is 0 Å². The molecule has 2 atom stereocenters. The van der Waals surface area contributed by atoms with Crippen LogP contribution in [-0.2, 0) is 4.79 Å². The van der Waals surface area contributed by atoms with E-state index in [1.165, 1.54) is 4.90 Å². The van der Waals surface area contributed by atoms with Gasteiger partial charge in [-0.1, -0.05) is 18.2 Å². The summed E-state index contributed by atoms with van der Waals surface area (Å²) in [5.41, 5.74) is 0.766. The fourth-order valence-corrected chi connectivity index (χ4v) is 3.02. The molecular weight excluding hydrogens is 324 g/mol. The van der Waals surface area contributed by atoms with E-state index in [0.717, 1.165) is 5.56 Å². The Morgan fingerprint density at radius 3 is 2.76 bits per heavy atom. The van der Waals surface area contributed by atoms with Gasteiger partial charge in [-0.15, -0.1) is 0 Å². The van der Waals surface area contributed by atoms with E-state index in [4.69, 9.17) is 14.3 Å². The van der Waals surface area contributed by atoms with Crippen molar-refractivity contribution in [3.05, 3.63) is 54.0 Å². The van der Waals surface area contributed by atoms with E-state index >= 15 is 0 Å². The standard InChI is InChI=1S/C18H20N2O5/c1-24-14-6-3-2-5-13(14)16(15-7-4-10-25-15)19-18(23)20-9-8-12(11-20)17(21)22/h2-7,10,12,16H,8-9,11H2,1H3,(H,19,23)(H,21,22). The van der Waals surface area contributed by atoms with Crippen molar-refractivity contribution in [2.75, 3.05) is 20.2 Å². The van der Waals surface area contributed by atoms with E-state index in [1.54, 1.807) is 25.5 Å². The van der Waals surface area contributed by atoms with Crippen LogP contribution < -0.4 is 10.1 Å². The summed E-state index contributed by atoms with van der Waals surface area (Å²) in [7, 11) is 1.57. The molecule has 0 bridgehead atoms. The van der Waals surface area contributed by atoms with Gasteiger partial charge in [0, 0.05) is 18.7 Å². The summed E-state index contributed by atoms with van der Waals surface area (Å²) in [6, 6.07) is 10.1. The van der Waals surface area contributed by atoms with Crippen molar-refractivity contribution in [1.29, 1.82) is 0 Å². The SMILES string of the molecule is COc1ccccc1C(NC(=O)N1CCC(C(=O)O)C1)c1ccco1. The molecule has 1 aliphatic heterocycles. The van der Waals surface area contributed by atoms with Gasteiger partial charge in [0.1, 0.15) is 17.6 Å². The quantitative estimate of drug-likeness (QED) is 0.869. The molecule has 25 heavy (non-hydrogen) atoms. The average Bonchev–Trinajstić information content (AvgIpc) is 3.31. The minimum atomic E-state index is -0.873. The number of urea groups is 1. The number of furan rings is 1. The Labute approximate surface area is 145 Å². The molecule has 7 heteroatoms. The Morgan fingerprint density at radius 2 is 2.12 bits per heavy atom. The molecule has 1 fully saturated rings. The van der Waals surface area contributed by atoms with E-state index in [-0.39, 0.29) is 12.6 Å². The molecule has 2 amide bonds. The first-order valence-electron chi connectivity index (χ1n) is 8.04. The zero-order valence-electron chi connectivity index (χ0n) is 13.8. The van der Waals surface area contributed by atoms with Crippen molar-refractivity contribution in [2.24, 2.45) is 5.92 Å². The average molecular weight is 344 g/mol. The third-order valence-electron chi connectivity index (χ3n) is 4.37. The lowest BCUT2D eigenvalue weighted by Crippen LogP contribution is -2.41. The van der Waals surface area contributed by atoms with Crippen LogP contribution in [0.2, 0.25) is 0 Å². The van der Waals surface area contributed by atoms with Crippen molar-refractivity contribution in [1.82, 2.24) is 10.2 Å². The van der Waals surface area contributed by atoms with Gasteiger partial charge in [0.2, 0.25) is 0 Å².